The van der Waals surface area contributed by atoms with Crippen molar-refractivity contribution in [2.24, 2.45) is 5.73 Å². The Labute approximate surface area is 84.2 Å². The molecule has 0 spiro atoms. The SMILES string of the molecule is CN(C(=O)CCN)C(=O)OC(C)(C)C. The van der Waals surface area contributed by atoms with Crippen LogP contribution in [0.2, 0.25) is 0 Å². The van der Waals surface area contributed by atoms with Crippen LogP contribution in [-0.4, -0.2) is 36.1 Å². The molecule has 0 saturated carbocycles. The van der Waals surface area contributed by atoms with Crippen molar-refractivity contribution in [2.45, 2.75) is 32.8 Å². The van der Waals surface area contributed by atoms with Gasteiger partial charge in [-0.1, -0.05) is 0 Å². The molecule has 0 unspecified atom stereocenters. The van der Waals surface area contributed by atoms with Gasteiger partial charge in [0.25, 0.3) is 0 Å². The van der Waals surface area contributed by atoms with E-state index in [1.54, 1.807) is 20.8 Å². The van der Waals surface area contributed by atoms with Crippen LogP contribution in [0.3, 0.4) is 0 Å². The second-order valence-electron chi connectivity index (χ2n) is 3.97. The largest absolute Gasteiger partial charge is 0.443 e. The lowest BCUT2D eigenvalue weighted by Crippen LogP contribution is -2.38. The number of rotatable bonds is 2. The van der Waals surface area contributed by atoms with Crippen LogP contribution in [0.25, 0.3) is 0 Å². The molecule has 0 aliphatic carbocycles. The van der Waals surface area contributed by atoms with Gasteiger partial charge in [-0.15, -0.1) is 0 Å². The van der Waals surface area contributed by atoms with Gasteiger partial charge in [-0.3, -0.25) is 9.69 Å². The fourth-order valence-corrected chi connectivity index (χ4v) is 0.723. The molecular weight excluding hydrogens is 184 g/mol. The second kappa shape index (κ2) is 4.95. The highest BCUT2D eigenvalue weighted by atomic mass is 16.6. The maximum absolute atomic E-state index is 11.3. The van der Waals surface area contributed by atoms with Crippen molar-refractivity contribution in [3.8, 4) is 0 Å². The van der Waals surface area contributed by atoms with E-state index < -0.39 is 11.7 Å². The van der Waals surface area contributed by atoms with E-state index in [1.165, 1.54) is 7.05 Å². The predicted molar refractivity (Wildman–Crippen MR) is 52.7 cm³/mol. The quantitative estimate of drug-likeness (QED) is 0.716. The van der Waals surface area contributed by atoms with Crippen molar-refractivity contribution >= 4 is 12.0 Å². The number of hydrogen-bond acceptors (Lipinski definition) is 4. The van der Waals surface area contributed by atoms with Crippen molar-refractivity contribution in [2.75, 3.05) is 13.6 Å². The summed E-state index contributed by atoms with van der Waals surface area (Å²) in [5.74, 6) is -0.332. The second-order valence-corrected chi connectivity index (χ2v) is 3.97. The summed E-state index contributed by atoms with van der Waals surface area (Å²) < 4.78 is 4.99. The summed E-state index contributed by atoms with van der Waals surface area (Å²) in [7, 11) is 1.38. The molecule has 0 aromatic heterocycles. The molecule has 5 nitrogen and oxygen atoms in total. The van der Waals surface area contributed by atoms with Crippen LogP contribution in [0.1, 0.15) is 27.2 Å². The number of carbonyl (C=O) groups is 2. The van der Waals surface area contributed by atoms with Crippen molar-refractivity contribution in [3.05, 3.63) is 0 Å². The first kappa shape index (κ1) is 12.9. The Morgan fingerprint density at radius 3 is 2.21 bits per heavy atom. The van der Waals surface area contributed by atoms with Crippen molar-refractivity contribution in [1.82, 2.24) is 4.90 Å². The molecule has 0 radical (unpaired) electrons. The third kappa shape index (κ3) is 4.81. The summed E-state index contributed by atoms with van der Waals surface area (Å²) >= 11 is 0. The number of ether oxygens (including phenoxy) is 1. The van der Waals surface area contributed by atoms with Gasteiger partial charge >= 0.3 is 6.09 Å². The van der Waals surface area contributed by atoms with Crippen molar-refractivity contribution in [3.63, 3.8) is 0 Å². The first-order chi connectivity index (χ1) is 6.28. The molecule has 0 aliphatic rings. The Kier molecular flexibility index (Phi) is 4.56. The summed E-state index contributed by atoms with van der Waals surface area (Å²) in [6, 6.07) is 0. The lowest BCUT2D eigenvalue weighted by atomic mass is 10.2. The third-order valence-corrected chi connectivity index (χ3v) is 1.40. The first-order valence-electron chi connectivity index (χ1n) is 4.47. The van der Waals surface area contributed by atoms with Crippen LogP contribution in [0.4, 0.5) is 4.79 Å². The molecule has 0 rings (SSSR count). The number of nitrogens with two attached hydrogens (primary N) is 1. The zero-order valence-electron chi connectivity index (χ0n) is 9.16. The van der Waals surface area contributed by atoms with Crippen LogP contribution >= 0.6 is 0 Å². The fraction of sp³-hybridized carbons (Fsp3) is 0.778. The van der Waals surface area contributed by atoms with Gasteiger partial charge < -0.3 is 10.5 Å². The fourth-order valence-electron chi connectivity index (χ4n) is 0.723. The maximum Gasteiger partial charge on any atom is 0.416 e. The molecule has 2 amide bonds. The van der Waals surface area contributed by atoms with Crippen molar-refractivity contribution < 1.29 is 14.3 Å². The lowest BCUT2D eigenvalue weighted by molar-refractivity contribution is -0.128. The maximum atomic E-state index is 11.3. The van der Waals surface area contributed by atoms with Gasteiger partial charge in [-0.2, -0.15) is 0 Å². The van der Waals surface area contributed by atoms with Crippen LogP contribution in [0.15, 0.2) is 0 Å². The van der Waals surface area contributed by atoms with E-state index in [2.05, 4.69) is 0 Å². The molecule has 82 valence electrons. The molecule has 0 aliphatic heterocycles. The molecule has 0 atom stereocenters. The molecule has 0 bridgehead atoms. The van der Waals surface area contributed by atoms with E-state index in [0.717, 1.165) is 4.90 Å². The highest BCUT2D eigenvalue weighted by Gasteiger charge is 2.22. The van der Waals surface area contributed by atoms with Crippen LogP contribution in [-0.2, 0) is 9.53 Å². The molecule has 14 heavy (non-hydrogen) atoms. The zero-order chi connectivity index (χ0) is 11.4. The van der Waals surface area contributed by atoms with Gasteiger partial charge in [0.05, 0.1) is 0 Å². The smallest absolute Gasteiger partial charge is 0.416 e. The predicted octanol–water partition coefficient (Wildman–Crippen LogP) is 0.729. The van der Waals surface area contributed by atoms with Crippen molar-refractivity contribution in [1.29, 1.82) is 0 Å². The van der Waals surface area contributed by atoms with Gasteiger partial charge in [0.15, 0.2) is 0 Å². The normalized spacial score (nSPS) is 10.9. The van der Waals surface area contributed by atoms with Gasteiger partial charge in [0, 0.05) is 20.0 Å². The van der Waals surface area contributed by atoms with E-state index in [9.17, 15) is 9.59 Å². The zero-order valence-corrected chi connectivity index (χ0v) is 9.16. The topological polar surface area (TPSA) is 72.6 Å². The molecule has 0 fully saturated rings. The highest BCUT2D eigenvalue weighted by Crippen LogP contribution is 2.09. The van der Waals surface area contributed by atoms with Crippen LogP contribution in [0.5, 0.6) is 0 Å². The van der Waals surface area contributed by atoms with Crippen LogP contribution < -0.4 is 5.73 Å². The third-order valence-electron chi connectivity index (χ3n) is 1.40. The minimum Gasteiger partial charge on any atom is -0.443 e. The Morgan fingerprint density at radius 1 is 1.36 bits per heavy atom. The number of amides is 2. The van der Waals surface area contributed by atoms with Gasteiger partial charge in [0.1, 0.15) is 5.60 Å². The Morgan fingerprint density at radius 2 is 1.86 bits per heavy atom. The summed E-state index contributed by atoms with van der Waals surface area (Å²) in [5, 5.41) is 0. The van der Waals surface area contributed by atoms with Crippen LogP contribution in [0, 0.1) is 0 Å². The Balaban J connectivity index is 4.19. The number of nitrogens with zero attached hydrogens (tertiary/aromatic N) is 1. The average molecular weight is 202 g/mol. The van der Waals surface area contributed by atoms with Gasteiger partial charge in [0.2, 0.25) is 5.91 Å². The van der Waals surface area contributed by atoms with Gasteiger partial charge in [-0.25, -0.2) is 4.79 Å². The van der Waals surface area contributed by atoms with Gasteiger partial charge in [-0.05, 0) is 20.8 Å². The van der Waals surface area contributed by atoms with E-state index in [1.807, 2.05) is 0 Å². The Hall–Kier alpha value is -1.10. The summed E-state index contributed by atoms with van der Waals surface area (Å²) in [6.45, 7) is 5.45. The van der Waals surface area contributed by atoms with E-state index >= 15 is 0 Å². The van der Waals surface area contributed by atoms with E-state index in [4.69, 9.17) is 10.5 Å². The summed E-state index contributed by atoms with van der Waals surface area (Å²) in [5.41, 5.74) is 4.61. The van der Waals surface area contributed by atoms with E-state index in [0.29, 0.717) is 0 Å². The molecular formula is C9H18N2O3. The molecule has 5 heteroatoms. The molecule has 0 aromatic rings. The van der Waals surface area contributed by atoms with E-state index in [-0.39, 0.29) is 18.9 Å². The molecule has 2 N–H and O–H groups in total. The number of carbonyl (C=O) groups excluding carboxylic acids is 2. The summed E-state index contributed by atoms with van der Waals surface area (Å²) in [6.07, 6.45) is -0.494. The Bertz CT molecular complexity index is 221. The molecule has 0 aromatic carbocycles. The molecule has 0 saturated heterocycles. The lowest BCUT2D eigenvalue weighted by Gasteiger charge is -2.23. The minimum absolute atomic E-state index is 0.149. The molecule has 0 heterocycles. The number of hydrogen-bond donors (Lipinski definition) is 1. The highest BCUT2D eigenvalue weighted by molar-refractivity contribution is 5.91. The number of imide groups is 1. The minimum atomic E-state index is -0.643. The standard InChI is InChI=1S/C9H18N2O3/c1-9(2,3)14-8(13)11(4)7(12)5-6-10/h5-6,10H2,1-4H3. The monoisotopic (exact) mass is 202 g/mol. The average Bonchev–Trinajstić information content (AvgIpc) is 2.00. The summed E-state index contributed by atoms with van der Waals surface area (Å²) in [4.78, 5) is 23.5. The first-order valence-corrected chi connectivity index (χ1v) is 4.47.